The molecule has 3 rings (SSSR count). The van der Waals surface area contributed by atoms with E-state index in [4.69, 9.17) is 14.9 Å². The number of alkyl halides is 3. The topological polar surface area (TPSA) is 124 Å². The van der Waals surface area contributed by atoms with Gasteiger partial charge in [0.25, 0.3) is 5.91 Å². The maximum Gasteiger partial charge on any atom is 0.490 e. The smallest absolute Gasteiger partial charge is 0.475 e. The molecule has 0 unspecified atom stereocenters. The number of pyridine rings is 1. The SMILES string of the molecule is CNC(=O)c1cc2c(nc1NC(C)C)CCN(C(=O)Nc1ccccc1)CC2.O=C(O)C(F)(F)F. The number of anilines is 2. The van der Waals surface area contributed by atoms with E-state index in [1.807, 2.05) is 50.2 Å². The summed E-state index contributed by atoms with van der Waals surface area (Å²) in [4.78, 5) is 40.3. The van der Waals surface area contributed by atoms with Crippen LogP contribution >= 0.6 is 0 Å². The molecule has 1 aromatic carbocycles. The molecule has 0 saturated heterocycles. The number of hydrogen-bond acceptors (Lipinski definition) is 5. The van der Waals surface area contributed by atoms with Gasteiger partial charge in [-0.1, -0.05) is 18.2 Å². The summed E-state index contributed by atoms with van der Waals surface area (Å²) < 4.78 is 31.7. The standard InChI is InChI=1S/C21H27N5O2.C2HF3O2/c1-14(2)23-19-17(20(27)22-3)13-15-9-11-26(12-10-18(15)25-19)21(28)24-16-7-5-4-6-8-16;3-2(4,5)1(6)7/h4-8,13-14H,9-12H2,1-3H3,(H,22,27)(H,23,25)(H,24,28);(H,6,7). The second kappa shape index (κ2) is 12.0. The number of carbonyl (C=O) groups excluding carboxylic acids is 2. The van der Waals surface area contributed by atoms with Gasteiger partial charge in [-0.2, -0.15) is 13.2 Å². The van der Waals surface area contributed by atoms with Crippen LogP contribution in [-0.2, 0) is 17.6 Å². The molecule has 1 aliphatic heterocycles. The molecule has 0 atom stereocenters. The number of carboxylic acid groups (broad SMARTS) is 1. The monoisotopic (exact) mass is 495 g/mol. The molecule has 0 radical (unpaired) electrons. The van der Waals surface area contributed by atoms with Crippen molar-refractivity contribution in [3.63, 3.8) is 0 Å². The highest BCUT2D eigenvalue weighted by atomic mass is 19.4. The molecule has 1 aromatic heterocycles. The van der Waals surface area contributed by atoms with Gasteiger partial charge in [0.1, 0.15) is 5.82 Å². The van der Waals surface area contributed by atoms with Crippen LogP contribution in [0.4, 0.5) is 29.5 Å². The Kier molecular flexibility index (Phi) is 9.43. The van der Waals surface area contributed by atoms with Gasteiger partial charge in [-0.3, -0.25) is 4.79 Å². The van der Waals surface area contributed by atoms with E-state index in [9.17, 15) is 22.8 Å². The van der Waals surface area contributed by atoms with Gasteiger partial charge >= 0.3 is 18.2 Å². The molecule has 190 valence electrons. The van der Waals surface area contributed by atoms with Gasteiger partial charge in [0.2, 0.25) is 0 Å². The van der Waals surface area contributed by atoms with Crippen LogP contribution in [0.25, 0.3) is 0 Å². The summed E-state index contributed by atoms with van der Waals surface area (Å²) in [6.45, 7) is 5.18. The first-order chi connectivity index (χ1) is 16.4. The summed E-state index contributed by atoms with van der Waals surface area (Å²) in [5.41, 5.74) is 3.27. The number of urea groups is 1. The minimum absolute atomic E-state index is 0.119. The van der Waals surface area contributed by atoms with Crippen LogP contribution in [-0.4, -0.2) is 65.3 Å². The van der Waals surface area contributed by atoms with E-state index in [0.29, 0.717) is 37.3 Å². The third-order valence-electron chi connectivity index (χ3n) is 4.91. The van der Waals surface area contributed by atoms with Crippen molar-refractivity contribution in [2.24, 2.45) is 0 Å². The maximum atomic E-state index is 12.6. The largest absolute Gasteiger partial charge is 0.490 e. The van der Waals surface area contributed by atoms with Gasteiger partial charge in [0, 0.05) is 44.0 Å². The van der Waals surface area contributed by atoms with Gasteiger partial charge in [-0.25, -0.2) is 14.6 Å². The van der Waals surface area contributed by atoms with Crippen molar-refractivity contribution in [3.8, 4) is 0 Å². The van der Waals surface area contributed by atoms with Gasteiger partial charge in [-0.15, -0.1) is 0 Å². The third-order valence-corrected chi connectivity index (χ3v) is 4.91. The number of para-hydroxylation sites is 1. The summed E-state index contributed by atoms with van der Waals surface area (Å²) in [6, 6.07) is 11.4. The summed E-state index contributed by atoms with van der Waals surface area (Å²) >= 11 is 0. The number of aromatic nitrogens is 1. The molecule has 0 saturated carbocycles. The first-order valence-electron chi connectivity index (χ1n) is 10.8. The van der Waals surface area contributed by atoms with Crippen molar-refractivity contribution in [2.75, 3.05) is 30.8 Å². The molecular formula is C23H28F3N5O4. The van der Waals surface area contributed by atoms with Gasteiger partial charge in [-0.05, 0) is 44.0 Å². The van der Waals surface area contributed by atoms with Crippen molar-refractivity contribution in [2.45, 2.75) is 38.9 Å². The fourth-order valence-corrected chi connectivity index (χ4v) is 3.25. The molecule has 3 amide bonds. The number of fused-ring (bicyclic) bond motifs is 1. The molecule has 9 nitrogen and oxygen atoms in total. The molecular weight excluding hydrogens is 467 g/mol. The lowest BCUT2D eigenvalue weighted by molar-refractivity contribution is -0.192. The first-order valence-corrected chi connectivity index (χ1v) is 10.8. The van der Waals surface area contributed by atoms with E-state index >= 15 is 0 Å². The van der Waals surface area contributed by atoms with Gasteiger partial charge in [0.15, 0.2) is 0 Å². The minimum Gasteiger partial charge on any atom is -0.475 e. The van der Waals surface area contributed by atoms with Crippen LogP contribution in [0, 0.1) is 0 Å². The molecule has 0 bridgehead atoms. The van der Waals surface area contributed by atoms with Crippen LogP contribution in [0.15, 0.2) is 36.4 Å². The summed E-state index contributed by atoms with van der Waals surface area (Å²) in [5, 5.41) is 16.0. The number of carbonyl (C=O) groups is 3. The van der Waals surface area contributed by atoms with Crippen molar-refractivity contribution in [1.82, 2.24) is 15.2 Å². The van der Waals surface area contributed by atoms with E-state index in [-0.39, 0.29) is 18.0 Å². The van der Waals surface area contributed by atoms with Crippen LogP contribution in [0.3, 0.4) is 0 Å². The highest BCUT2D eigenvalue weighted by molar-refractivity contribution is 5.99. The quantitative estimate of drug-likeness (QED) is 0.515. The van der Waals surface area contributed by atoms with Crippen LogP contribution in [0.2, 0.25) is 0 Å². The molecule has 1 aliphatic rings. The normalized spacial score (nSPS) is 13.1. The van der Waals surface area contributed by atoms with E-state index in [0.717, 1.165) is 16.9 Å². The molecule has 12 heteroatoms. The number of halogens is 3. The second-order valence-corrected chi connectivity index (χ2v) is 7.95. The first kappa shape index (κ1) is 27.4. The maximum absolute atomic E-state index is 12.6. The number of nitrogens with one attached hydrogen (secondary N) is 3. The van der Waals surface area contributed by atoms with E-state index in [1.165, 1.54) is 0 Å². The summed E-state index contributed by atoms with van der Waals surface area (Å²) in [6.07, 6.45) is -3.77. The second-order valence-electron chi connectivity index (χ2n) is 7.95. The fourth-order valence-electron chi connectivity index (χ4n) is 3.25. The molecule has 4 N–H and O–H groups in total. The molecule has 35 heavy (non-hydrogen) atoms. The van der Waals surface area contributed by atoms with E-state index in [2.05, 4.69) is 16.0 Å². The zero-order valence-corrected chi connectivity index (χ0v) is 19.6. The molecule has 0 fully saturated rings. The lowest BCUT2D eigenvalue weighted by atomic mass is 10.0. The zero-order chi connectivity index (χ0) is 26.2. The number of carboxylic acids is 1. The zero-order valence-electron chi connectivity index (χ0n) is 19.6. The van der Waals surface area contributed by atoms with Crippen LogP contribution < -0.4 is 16.0 Å². The number of hydrogen-bond donors (Lipinski definition) is 4. The Labute approximate surface area is 200 Å². The van der Waals surface area contributed by atoms with Crippen molar-refractivity contribution in [3.05, 3.63) is 53.2 Å². The van der Waals surface area contributed by atoms with Crippen molar-refractivity contribution < 1.29 is 32.7 Å². The Morgan fingerprint density at radius 1 is 1.09 bits per heavy atom. The van der Waals surface area contributed by atoms with E-state index in [1.54, 1.807) is 11.9 Å². The Bertz CT molecular complexity index is 1050. The highest BCUT2D eigenvalue weighted by Gasteiger charge is 2.38. The Balaban J connectivity index is 0.000000540. The van der Waals surface area contributed by atoms with Crippen molar-refractivity contribution >= 4 is 29.4 Å². The third kappa shape index (κ3) is 8.16. The average Bonchev–Trinajstić information content (AvgIpc) is 3.00. The number of aliphatic carboxylic acids is 1. The van der Waals surface area contributed by atoms with Crippen molar-refractivity contribution in [1.29, 1.82) is 0 Å². The fraction of sp³-hybridized carbons (Fsp3) is 0.391. The van der Waals surface area contributed by atoms with Gasteiger partial charge in [0.05, 0.1) is 5.56 Å². The lowest BCUT2D eigenvalue weighted by Gasteiger charge is -2.20. The molecule has 0 aliphatic carbocycles. The van der Waals surface area contributed by atoms with E-state index < -0.39 is 12.1 Å². The van der Waals surface area contributed by atoms with Gasteiger partial charge < -0.3 is 26.0 Å². The summed E-state index contributed by atoms with van der Waals surface area (Å²) in [5.74, 6) is -2.33. The lowest BCUT2D eigenvalue weighted by Crippen LogP contribution is -2.36. The number of benzene rings is 1. The minimum atomic E-state index is -5.08. The molecule has 2 heterocycles. The van der Waals surface area contributed by atoms with Crippen LogP contribution in [0.5, 0.6) is 0 Å². The number of rotatable bonds is 4. The Hall–Kier alpha value is -3.83. The Morgan fingerprint density at radius 3 is 2.23 bits per heavy atom. The predicted molar refractivity (Wildman–Crippen MR) is 125 cm³/mol. The number of nitrogens with zero attached hydrogens (tertiary/aromatic N) is 2. The highest BCUT2D eigenvalue weighted by Crippen LogP contribution is 2.23. The molecule has 2 aromatic rings. The average molecular weight is 496 g/mol. The number of amides is 3. The Morgan fingerprint density at radius 2 is 1.69 bits per heavy atom. The summed E-state index contributed by atoms with van der Waals surface area (Å²) in [7, 11) is 1.61. The molecule has 0 spiro atoms. The predicted octanol–water partition coefficient (Wildman–Crippen LogP) is 3.53. The van der Waals surface area contributed by atoms with Crippen LogP contribution in [0.1, 0.15) is 35.5 Å².